The van der Waals surface area contributed by atoms with E-state index < -0.39 is 28.4 Å². The number of anilines is 1. The van der Waals surface area contributed by atoms with Crippen molar-refractivity contribution < 1.29 is 19.6 Å². The maximum Gasteiger partial charge on any atom is 0.296 e. The maximum atomic E-state index is 13.3. The number of rotatable bonds is 6. The third-order valence-electron chi connectivity index (χ3n) is 5.67. The number of benzene rings is 2. The molecule has 1 aliphatic rings. The van der Waals surface area contributed by atoms with Gasteiger partial charge < -0.3 is 5.11 Å². The van der Waals surface area contributed by atoms with Crippen LogP contribution in [0.2, 0.25) is 0 Å². The number of non-ortho nitro benzene ring substituents is 1. The highest BCUT2D eigenvalue weighted by atomic mass is 32.1. The summed E-state index contributed by atoms with van der Waals surface area (Å²) in [5.41, 5.74) is 2.08. The smallest absolute Gasteiger partial charge is 0.296 e. The number of aliphatic hydroxyl groups excluding tert-OH is 1. The summed E-state index contributed by atoms with van der Waals surface area (Å²) in [6.45, 7) is 2.04. The maximum absolute atomic E-state index is 13.3. The van der Waals surface area contributed by atoms with E-state index in [0.717, 1.165) is 16.7 Å². The lowest BCUT2D eigenvalue weighted by molar-refractivity contribution is -0.384. The van der Waals surface area contributed by atoms with Gasteiger partial charge in [-0.05, 0) is 53.3 Å². The fraction of sp³-hybridized carbons (Fsp3) is 0.125. The van der Waals surface area contributed by atoms with Gasteiger partial charge in [0.1, 0.15) is 0 Å². The van der Waals surface area contributed by atoms with Crippen LogP contribution in [0.5, 0.6) is 0 Å². The van der Waals surface area contributed by atoms with Gasteiger partial charge in [-0.1, -0.05) is 30.4 Å². The van der Waals surface area contributed by atoms with Crippen molar-refractivity contribution in [2.75, 3.05) is 4.90 Å². The average Bonchev–Trinajstić information content (AvgIpc) is 3.57. The number of carbonyl (C=O) groups is 2. The molecule has 34 heavy (non-hydrogen) atoms. The zero-order valence-electron chi connectivity index (χ0n) is 17.8. The summed E-state index contributed by atoms with van der Waals surface area (Å²) in [5, 5.41) is 24.0. The van der Waals surface area contributed by atoms with Gasteiger partial charge in [0.15, 0.2) is 10.9 Å². The van der Waals surface area contributed by atoms with E-state index >= 15 is 0 Å². The van der Waals surface area contributed by atoms with Gasteiger partial charge in [0.05, 0.1) is 31.6 Å². The Balaban J connectivity index is 1.66. The van der Waals surface area contributed by atoms with Crippen LogP contribution in [-0.4, -0.2) is 26.7 Å². The Labute approximate surface area is 201 Å². The van der Waals surface area contributed by atoms with Crippen LogP contribution in [0.4, 0.5) is 10.8 Å². The van der Waals surface area contributed by atoms with E-state index in [9.17, 15) is 24.8 Å². The molecule has 4 aromatic rings. The highest BCUT2D eigenvalue weighted by Crippen LogP contribution is 2.44. The molecule has 5 rings (SSSR count). The molecule has 1 amide bonds. The van der Waals surface area contributed by atoms with Crippen LogP contribution in [0.25, 0.3) is 10.2 Å². The summed E-state index contributed by atoms with van der Waals surface area (Å²) in [7, 11) is 0. The standard InChI is InChI=1S/C24H17N3O5S2/c1-2-13-5-10-16-18(12-13)34-24(25-16)26-20(14-6-8-15(9-7-14)27(31)32)19(22(29)23(26)30)21(28)17-4-3-11-33-17/h3-12,20,29H,2H2,1H3/t20-/m1/s1. The third-order valence-corrected chi connectivity index (χ3v) is 7.56. The molecule has 0 fully saturated rings. The van der Waals surface area contributed by atoms with Gasteiger partial charge in [-0.15, -0.1) is 11.3 Å². The van der Waals surface area contributed by atoms with E-state index in [1.54, 1.807) is 17.5 Å². The molecule has 3 heterocycles. The molecular formula is C24H17N3O5S2. The first-order valence-electron chi connectivity index (χ1n) is 10.4. The summed E-state index contributed by atoms with van der Waals surface area (Å²) in [6, 6.07) is 13.8. The fourth-order valence-corrected chi connectivity index (χ4v) is 5.68. The lowest BCUT2D eigenvalue weighted by atomic mass is 9.95. The monoisotopic (exact) mass is 491 g/mol. The summed E-state index contributed by atoms with van der Waals surface area (Å²) in [6.07, 6.45) is 0.846. The van der Waals surface area contributed by atoms with E-state index in [4.69, 9.17) is 0 Å². The molecule has 1 N–H and O–H groups in total. The molecule has 2 aromatic heterocycles. The number of thiazole rings is 1. The molecule has 8 nitrogen and oxygen atoms in total. The quantitative estimate of drug-likeness (QED) is 0.213. The van der Waals surface area contributed by atoms with Gasteiger partial charge in [-0.25, -0.2) is 4.98 Å². The van der Waals surface area contributed by atoms with Crippen LogP contribution in [0.1, 0.15) is 33.8 Å². The zero-order valence-corrected chi connectivity index (χ0v) is 19.4. The van der Waals surface area contributed by atoms with Gasteiger partial charge in [-0.3, -0.25) is 24.6 Å². The number of hydrogen-bond acceptors (Lipinski definition) is 8. The Hall–Kier alpha value is -3.89. The van der Waals surface area contributed by atoms with Crippen LogP contribution in [-0.2, 0) is 11.2 Å². The van der Waals surface area contributed by atoms with Crippen molar-refractivity contribution in [1.82, 2.24) is 4.98 Å². The molecular weight excluding hydrogens is 474 g/mol. The van der Waals surface area contributed by atoms with E-state index in [1.165, 1.54) is 51.8 Å². The van der Waals surface area contributed by atoms with E-state index in [0.29, 0.717) is 21.1 Å². The molecule has 1 aliphatic heterocycles. The van der Waals surface area contributed by atoms with Crippen LogP contribution in [0, 0.1) is 10.1 Å². The molecule has 0 saturated heterocycles. The Morgan fingerprint density at radius 2 is 1.97 bits per heavy atom. The van der Waals surface area contributed by atoms with Crippen LogP contribution in [0.3, 0.4) is 0 Å². The van der Waals surface area contributed by atoms with Crippen molar-refractivity contribution >= 4 is 55.4 Å². The third kappa shape index (κ3) is 3.57. The van der Waals surface area contributed by atoms with Gasteiger partial charge in [0, 0.05) is 12.1 Å². The Kier molecular flexibility index (Phi) is 5.46. The number of nitro benzene ring substituents is 1. The number of aryl methyl sites for hydroxylation is 1. The minimum atomic E-state index is -0.978. The molecule has 0 bridgehead atoms. The first-order valence-corrected chi connectivity index (χ1v) is 12.1. The Morgan fingerprint density at radius 1 is 1.21 bits per heavy atom. The molecule has 0 aliphatic carbocycles. The van der Waals surface area contributed by atoms with Crippen molar-refractivity contribution in [3.05, 3.63) is 97.4 Å². The first kappa shape index (κ1) is 21.9. The molecule has 0 unspecified atom stereocenters. The molecule has 0 saturated carbocycles. The molecule has 0 radical (unpaired) electrons. The van der Waals surface area contributed by atoms with Crippen molar-refractivity contribution in [2.45, 2.75) is 19.4 Å². The van der Waals surface area contributed by atoms with E-state index in [1.807, 2.05) is 25.1 Å². The average molecular weight is 492 g/mol. The minimum absolute atomic E-state index is 0.0743. The SMILES string of the molecule is CCc1ccc2nc(N3C(=O)C(O)=C(C(=O)c4cccs4)[C@H]3c3ccc([N+](=O)[O-])cc3)sc2c1. The predicted octanol–water partition coefficient (Wildman–Crippen LogP) is 5.61. The normalized spacial score (nSPS) is 16.0. The van der Waals surface area contributed by atoms with Gasteiger partial charge in [0.25, 0.3) is 11.6 Å². The summed E-state index contributed by atoms with van der Waals surface area (Å²) in [4.78, 5) is 43.5. The largest absolute Gasteiger partial charge is 0.503 e. The fourth-order valence-electron chi connectivity index (χ4n) is 3.95. The molecule has 170 valence electrons. The highest BCUT2D eigenvalue weighted by molar-refractivity contribution is 7.22. The Morgan fingerprint density at radius 3 is 2.62 bits per heavy atom. The predicted molar refractivity (Wildman–Crippen MR) is 131 cm³/mol. The van der Waals surface area contributed by atoms with Gasteiger partial charge in [-0.2, -0.15) is 0 Å². The number of hydrogen-bond donors (Lipinski definition) is 1. The van der Waals surface area contributed by atoms with Crippen LogP contribution in [0.15, 0.2) is 71.3 Å². The molecule has 0 spiro atoms. The minimum Gasteiger partial charge on any atom is -0.503 e. The summed E-state index contributed by atoms with van der Waals surface area (Å²) in [5.74, 6) is -1.85. The van der Waals surface area contributed by atoms with Crippen LogP contribution < -0.4 is 4.90 Å². The number of thiophene rings is 1. The topological polar surface area (TPSA) is 114 Å². The number of aromatic nitrogens is 1. The van der Waals surface area contributed by atoms with Crippen molar-refractivity contribution in [1.29, 1.82) is 0 Å². The highest BCUT2D eigenvalue weighted by Gasteiger charge is 2.46. The number of carbonyl (C=O) groups excluding carboxylic acids is 2. The second kappa shape index (κ2) is 8.47. The van der Waals surface area contributed by atoms with Crippen molar-refractivity contribution in [2.24, 2.45) is 0 Å². The van der Waals surface area contributed by atoms with Gasteiger partial charge in [0.2, 0.25) is 5.78 Å². The summed E-state index contributed by atoms with van der Waals surface area (Å²) >= 11 is 2.49. The van der Waals surface area contributed by atoms with Crippen LogP contribution >= 0.6 is 22.7 Å². The van der Waals surface area contributed by atoms with Crippen molar-refractivity contribution in [3.63, 3.8) is 0 Å². The molecule has 10 heteroatoms. The number of Topliss-reactive ketones (excluding diaryl/α,β-unsaturated/α-hetero) is 1. The zero-order chi connectivity index (χ0) is 24.0. The molecule has 1 atom stereocenters. The van der Waals surface area contributed by atoms with Gasteiger partial charge >= 0.3 is 0 Å². The number of aliphatic hydroxyl groups is 1. The summed E-state index contributed by atoms with van der Waals surface area (Å²) < 4.78 is 0.877. The lowest BCUT2D eigenvalue weighted by Crippen LogP contribution is -2.30. The first-order chi connectivity index (χ1) is 16.4. The Bertz CT molecular complexity index is 1470. The number of nitro groups is 1. The number of fused-ring (bicyclic) bond motifs is 1. The lowest BCUT2D eigenvalue weighted by Gasteiger charge is -2.24. The molecule has 2 aromatic carbocycles. The second-order valence-electron chi connectivity index (χ2n) is 7.65. The van der Waals surface area contributed by atoms with E-state index in [-0.39, 0.29) is 11.3 Å². The number of amides is 1. The number of nitrogens with zero attached hydrogens (tertiary/aromatic N) is 3. The van der Waals surface area contributed by atoms with Crippen molar-refractivity contribution in [3.8, 4) is 0 Å². The number of ketones is 1. The van der Waals surface area contributed by atoms with E-state index in [2.05, 4.69) is 4.98 Å². The second-order valence-corrected chi connectivity index (χ2v) is 9.60.